The second kappa shape index (κ2) is 10.1. The third-order valence-corrected chi connectivity index (χ3v) is 4.04. The number of ether oxygens (including phenoxy) is 5. The first-order chi connectivity index (χ1) is 14.0. The average Bonchev–Trinajstić information content (AvgIpc) is 2.75. The number of hydrogen-bond acceptors (Lipinski definition) is 7. The van der Waals surface area contributed by atoms with Crippen LogP contribution in [0.15, 0.2) is 43.0 Å². The summed E-state index contributed by atoms with van der Waals surface area (Å²) in [5.41, 5.74) is 0.680. The summed E-state index contributed by atoms with van der Waals surface area (Å²) in [6.07, 6.45) is 4.59. The molecule has 0 bridgehead atoms. The van der Waals surface area contributed by atoms with Gasteiger partial charge in [-0.3, -0.25) is 4.79 Å². The molecule has 0 aliphatic rings. The van der Waals surface area contributed by atoms with Crippen LogP contribution in [-0.4, -0.2) is 45.9 Å². The van der Waals surface area contributed by atoms with Crippen molar-refractivity contribution < 1.29 is 33.6 Å². The minimum atomic E-state index is -0.495. The molecule has 154 valence electrons. The Balaban J connectivity index is 2.41. The lowest BCUT2D eigenvalue weighted by Gasteiger charge is -2.19. The molecule has 0 saturated heterocycles. The van der Waals surface area contributed by atoms with Crippen molar-refractivity contribution in [3.63, 3.8) is 0 Å². The van der Waals surface area contributed by atoms with Crippen LogP contribution in [0, 0.1) is 0 Å². The Labute approximate surface area is 169 Å². The fourth-order valence-corrected chi connectivity index (χ4v) is 2.72. The highest BCUT2D eigenvalue weighted by Gasteiger charge is 2.30. The van der Waals surface area contributed by atoms with E-state index in [1.54, 1.807) is 36.4 Å². The van der Waals surface area contributed by atoms with Gasteiger partial charge in [-0.05, 0) is 23.8 Å². The molecule has 2 aromatic carbocycles. The van der Waals surface area contributed by atoms with Crippen LogP contribution in [-0.2, 0) is 0 Å². The standard InChI is InChI=1S/C22H24O7/c1-6-13-29-15-10-7-14(8-11-15)9-12-16(23)17-18(24)20(26-3)22(28-5)21(27-4)19(17)25-2/h6-12,24H,1,13H2,2-5H3. The molecule has 7 nitrogen and oxygen atoms in total. The summed E-state index contributed by atoms with van der Waals surface area (Å²) in [4.78, 5) is 12.8. The number of aromatic hydroxyl groups is 1. The van der Waals surface area contributed by atoms with E-state index in [0.29, 0.717) is 12.4 Å². The molecule has 2 aromatic rings. The van der Waals surface area contributed by atoms with Crippen LogP contribution in [0.3, 0.4) is 0 Å². The number of rotatable bonds is 10. The molecule has 0 radical (unpaired) electrons. The van der Waals surface area contributed by atoms with E-state index in [4.69, 9.17) is 23.7 Å². The lowest BCUT2D eigenvalue weighted by atomic mass is 10.0. The van der Waals surface area contributed by atoms with Crippen LogP contribution in [0.1, 0.15) is 15.9 Å². The molecule has 0 fully saturated rings. The summed E-state index contributed by atoms with van der Waals surface area (Å²) in [6.45, 7) is 4.01. The van der Waals surface area contributed by atoms with E-state index in [1.807, 2.05) is 0 Å². The van der Waals surface area contributed by atoms with Gasteiger partial charge in [0.15, 0.2) is 17.3 Å². The number of methoxy groups -OCH3 is 4. The van der Waals surface area contributed by atoms with Crippen LogP contribution < -0.4 is 23.7 Å². The molecular weight excluding hydrogens is 376 g/mol. The van der Waals surface area contributed by atoms with E-state index in [9.17, 15) is 9.90 Å². The molecule has 0 heterocycles. The van der Waals surface area contributed by atoms with Gasteiger partial charge in [-0.15, -0.1) is 0 Å². The van der Waals surface area contributed by atoms with Gasteiger partial charge in [0, 0.05) is 0 Å². The van der Waals surface area contributed by atoms with Crippen LogP contribution in [0.5, 0.6) is 34.5 Å². The summed E-state index contributed by atoms with van der Waals surface area (Å²) < 4.78 is 26.5. The first-order valence-corrected chi connectivity index (χ1v) is 8.67. The summed E-state index contributed by atoms with van der Waals surface area (Å²) >= 11 is 0. The SMILES string of the molecule is C=CCOc1ccc(C=CC(=O)c2c(O)c(OC)c(OC)c(OC)c2OC)cc1. The van der Waals surface area contributed by atoms with E-state index in [1.165, 1.54) is 34.5 Å². The molecule has 0 amide bonds. The topological polar surface area (TPSA) is 83.5 Å². The number of allylic oxidation sites excluding steroid dienone is 1. The van der Waals surface area contributed by atoms with Crippen molar-refractivity contribution in [3.8, 4) is 34.5 Å². The normalized spacial score (nSPS) is 10.5. The van der Waals surface area contributed by atoms with Gasteiger partial charge in [0.2, 0.25) is 17.2 Å². The highest BCUT2D eigenvalue weighted by atomic mass is 16.5. The molecule has 0 saturated carbocycles. The summed E-state index contributed by atoms with van der Waals surface area (Å²) in [5, 5.41) is 10.6. The van der Waals surface area contributed by atoms with Crippen molar-refractivity contribution in [2.75, 3.05) is 35.0 Å². The van der Waals surface area contributed by atoms with Crippen molar-refractivity contribution in [2.45, 2.75) is 0 Å². The van der Waals surface area contributed by atoms with E-state index in [2.05, 4.69) is 6.58 Å². The molecular formula is C22H24O7. The summed E-state index contributed by atoms with van der Waals surface area (Å²) in [6, 6.07) is 7.17. The maximum atomic E-state index is 12.8. The van der Waals surface area contributed by atoms with Gasteiger partial charge in [0.05, 0.1) is 28.4 Å². The minimum Gasteiger partial charge on any atom is -0.504 e. The molecule has 2 rings (SSSR count). The monoisotopic (exact) mass is 400 g/mol. The number of carbonyl (C=O) groups is 1. The number of phenols is 1. The van der Waals surface area contributed by atoms with Crippen molar-refractivity contribution in [3.05, 3.63) is 54.1 Å². The first-order valence-electron chi connectivity index (χ1n) is 8.67. The Hall–Kier alpha value is -3.61. The van der Waals surface area contributed by atoms with E-state index < -0.39 is 11.5 Å². The van der Waals surface area contributed by atoms with Crippen molar-refractivity contribution in [2.24, 2.45) is 0 Å². The molecule has 0 unspecified atom stereocenters. The molecule has 0 aliphatic carbocycles. The van der Waals surface area contributed by atoms with E-state index in [0.717, 1.165) is 5.56 Å². The smallest absolute Gasteiger partial charge is 0.211 e. The highest BCUT2D eigenvalue weighted by molar-refractivity contribution is 6.12. The van der Waals surface area contributed by atoms with Gasteiger partial charge < -0.3 is 28.8 Å². The Morgan fingerprint density at radius 3 is 2.00 bits per heavy atom. The third kappa shape index (κ3) is 4.63. The number of carbonyl (C=O) groups excluding carboxylic acids is 1. The Bertz CT molecular complexity index is 899. The maximum absolute atomic E-state index is 12.8. The third-order valence-electron chi connectivity index (χ3n) is 4.04. The zero-order chi connectivity index (χ0) is 21.4. The molecule has 0 aromatic heterocycles. The fraction of sp³-hybridized carbons (Fsp3) is 0.227. The summed E-state index contributed by atoms with van der Waals surface area (Å²) in [5.74, 6) is 0.0916. The number of benzene rings is 2. The predicted molar refractivity (Wildman–Crippen MR) is 110 cm³/mol. The average molecular weight is 400 g/mol. The predicted octanol–water partition coefficient (Wildman–Crippen LogP) is 3.89. The Morgan fingerprint density at radius 1 is 0.931 bits per heavy atom. The van der Waals surface area contributed by atoms with Gasteiger partial charge in [-0.1, -0.05) is 30.9 Å². The zero-order valence-electron chi connectivity index (χ0n) is 16.9. The fourth-order valence-electron chi connectivity index (χ4n) is 2.72. The lowest BCUT2D eigenvalue weighted by molar-refractivity contribution is 0.104. The van der Waals surface area contributed by atoms with Crippen LogP contribution in [0.4, 0.5) is 0 Å². The van der Waals surface area contributed by atoms with Gasteiger partial charge >= 0.3 is 0 Å². The second-order valence-corrected chi connectivity index (χ2v) is 5.72. The number of ketones is 1. The molecule has 0 spiro atoms. The number of phenolic OH excluding ortho intramolecular Hbond substituents is 1. The molecule has 29 heavy (non-hydrogen) atoms. The van der Waals surface area contributed by atoms with Gasteiger partial charge in [-0.25, -0.2) is 0 Å². The quantitative estimate of drug-likeness (QED) is 0.368. The largest absolute Gasteiger partial charge is 0.504 e. The minimum absolute atomic E-state index is 0.0226. The van der Waals surface area contributed by atoms with E-state index >= 15 is 0 Å². The molecule has 0 atom stereocenters. The molecule has 0 aliphatic heterocycles. The Kier molecular flexibility index (Phi) is 7.54. The second-order valence-electron chi connectivity index (χ2n) is 5.72. The molecule has 7 heteroatoms. The Morgan fingerprint density at radius 2 is 1.48 bits per heavy atom. The van der Waals surface area contributed by atoms with Crippen LogP contribution in [0.2, 0.25) is 0 Å². The maximum Gasteiger partial charge on any atom is 0.211 e. The first kappa shape index (κ1) is 21.7. The van der Waals surface area contributed by atoms with Crippen LogP contribution >= 0.6 is 0 Å². The van der Waals surface area contributed by atoms with Crippen molar-refractivity contribution >= 4 is 11.9 Å². The highest BCUT2D eigenvalue weighted by Crippen LogP contribution is 2.53. The van der Waals surface area contributed by atoms with Crippen molar-refractivity contribution in [1.29, 1.82) is 0 Å². The van der Waals surface area contributed by atoms with Gasteiger partial charge in [-0.2, -0.15) is 0 Å². The van der Waals surface area contributed by atoms with Gasteiger partial charge in [0.1, 0.15) is 17.9 Å². The lowest BCUT2D eigenvalue weighted by Crippen LogP contribution is -2.05. The number of hydrogen-bond donors (Lipinski definition) is 1. The summed E-state index contributed by atoms with van der Waals surface area (Å²) in [7, 11) is 5.51. The van der Waals surface area contributed by atoms with E-state index in [-0.39, 0.29) is 28.6 Å². The molecule has 1 N–H and O–H groups in total. The van der Waals surface area contributed by atoms with Gasteiger partial charge in [0.25, 0.3) is 0 Å². The van der Waals surface area contributed by atoms with Crippen molar-refractivity contribution in [1.82, 2.24) is 0 Å². The van der Waals surface area contributed by atoms with Crippen LogP contribution in [0.25, 0.3) is 6.08 Å². The zero-order valence-corrected chi connectivity index (χ0v) is 16.9.